The van der Waals surface area contributed by atoms with Crippen molar-refractivity contribution in [3.05, 3.63) is 36.5 Å². The van der Waals surface area contributed by atoms with Gasteiger partial charge in [-0.1, -0.05) is 0 Å². The summed E-state index contributed by atoms with van der Waals surface area (Å²) in [5.74, 6) is -0.312. The van der Waals surface area contributed by atoms with Crippen LogP contribution in [0.25, 0.3) is 11.0 Å². The van der Waals surface area contributed by atoms with E-state index in [4.69, 9.17) is 0 Å². The monoisotopic (exact) mass is 307 g/mol. The molecule has 0 spiro atoms. The van der Waals surface area contributed by atoms with Gasteiger partial charge in [0.05, 0.1) is 22.2 Å². The third kappa shape index (κ3) is 2.55. The summed E-state index contributed by atoms with van der Waals surface area (Å²) in [4.78, 5) is 7.91. The lowest BCUT2D eigenvalue weighted by atomic mass is 10.3. The Hall–Kier alpha value is -2.55. The number of anilines is 2. The second kappa shape index (κ2) is 4.77. The normalized spacial score (nSPS) is 11.7. The molecule has 1 aromatic carbocycles. The predicted octanol–water partition coefficient (Wildman–Crippen LogP) is 1.64. The van der Waals surface area contributed by atoms with Crippen molar-refractivity contribution in [2.24, 2.45) is 0 Å². The van der Waals surface area contributed by atoms with Crippen LogP contribution >= 0.6 is 0 Å². The van der Waals surface area contributed by atoms with Crippen molar-refractivity contribution in [1.29, 1.82) is 0 Å². The topological polar surface area (TPSA) is 101 Å². The Balaban J connectivity index is 2.01. The van der Waals surface area contributed by atoms with E-state index < -0.39 is 15.7 Å². The van der Waals surface area contributed by atoms with Gasteiger partial charge in [0.25, 0.3) is 0 Å². The van der Waals surface area contributed by atoms with Gasteiger partial charge in [0.15, 0.2) is 15.5 Å². The van der Waals surface area contributed by atoms with Gasteiger partial charge in [-0.2, -0.15) is 5.10 Å². The highest BCUT2D eigenvalue weighted by atomic mass is 32.2. The number of fused-ring (bicyclic) bond motifs is 1. The summed E-state index contributed by atoms with van der Waals surface area (Å²) >= 11 is 0. The van der Waals surface area contributed by atoms with Gasteiger partial charge < -0.3 is 5.32 Å². The molecule has 3 rings (SSSR count). The minimum Gasteiger partial charge on any atom is -0.337 e. The molecule has 0 unspecified atom stereocenters. The van der Waals surface area contributed by atoms with Gasteiger partial charge in [-0.15, -0.1) is 0 Å². The van der Waals surface area contributed by atoms with E-state index in [0.29, 0.717) is 16.9 Å². The van der Waals surface area contributed by atoms with E-state index in [1.165, 1.54) is 24.7 Å². The van der Waals surface area contributed by atoms with Crippen LogP contribution in [0.3, 0.4) is 0 Å². The molecule has 21 heavy (non-hydrogen) atoms. The van der Waals surface area contributed by atoms with E-state index >= 15 is 0 Å². The van der Waals surface area contributed by atoms with E-state index in [9.17, 15) is 12.8 Å². The van der Waals surface area contributed by atoms with Crippen LogP contribution in [-0.4, -0.2) is 34.8 Å². The first-order valence-corrected chi connectivity index (χ1v) is 7.75. The summed E-state index contributed by atoms with van der Waals surface area (Å²) in [6.45, 7) is 0. The summed E-state index contributed by atoms with van der Waals surface area (Å²) in [7, 11) is -3.45. The molecule has 2 heterocycles. The minimum atomic E-state index is -3.45. The van der Waals surface area contributed by atoms with E-state index in [1.54, 1.807) is 0 Å². The molecule has 0 atom stereocenters. The molecule has 2 N–H and O–H groups in total. The third-order valence-corrected chi connectivity index (χ3v) is 3.98. The van der Waals surface area contributed by atoms with Gasteiger partial charge in [0, 0.05) is 6.26 Å². The van der Waals surface area contributed by atoms with Crippen LogP contribution in [0.4, 0.5) is 15.9 Å². The Morgan fingerprint density at radius 3 is 2.81 bits per heavy atom. The van der Waals surface area contributed by atoms with Gasteiger partial charge in [0.2, 0.25) is 0 Å². The predicted molar refractivity (Wildman–Crippen MR) is 74.5 cm³/mol. The first-order chi connectivity index (χ1) is 9.95. The first kappa shape index (κ1) is 13.4. The van der Waals surface area contributed by atoms with Crippen molar-refractivity contribution >= 4 is 32.4 Å². The number of aromatic amines is 1. The van der Waals surface area contributed by atoms with Crippen LogP contribution in [0.1, 0.15) is 0 Å². The Kier molecular flexibility index (Phi) is 3.05. The zero-order chi connectivity index (χ0) is 15.0. The fraction of sp³-hybridized carbons (Fsp3) is 0.0833. The second-order valence-corrected chi connectivity index (χ2v) is 6.41. The molecule has 3 aromatic rings. The summed E-state index contributed by atoms with van der Waals surface area (Å²) < 4.78 is 36.7. The van der Waals surface area contributed by atoms with Crippen molar-refractivity contribution in [3.8, 4) is 0 Å². The van der Waals surface area contributed by atoms with Crippen molar-refractivity contribution in [3.63, 3.8) is 0 Å². The molecule has 0 aliphatic rings. The third-order valence-electron chi connectivity index (χ3n) is 2.87. The van der Waals surface area contributed by atoms with Crippen LogP contribution < -0.4 is 5.32 Å². The maximum absolute atomic E-state index is 14.0. The lowest BCUT2D eigenvalue weighted by Gasteiger charge is -2.08. The number of halogens is 1. The Labute approximate surface area is 119 Å². The number of nitrogens with zero attached hydrogens (tertiary/aromatic N) is 3. The average Bonchev–Trinajstić information content (AvgIpc) is 2.89. The molecule has 0 fully saturated rings. The second-order valence-electron chi connectivity index (χ2n) is 4.39. The smallest absolute Gasteiger partial charge is 0.175 e. The molecular weight excluding hydrogens is 297 g/mol. The quantitative estimate of drug-likeness (QED) is 0.763. The molecule has 0 aliphatic heterocycles. The van der Waals surface area contributed by atoms with E-state index in [1.807, 2.05) is 0 Å². The molecule has 0 amide bonds. The molecule has 7 nitrogen and oxygen atoms in total. The maximum Gasteiger partial charge on any atom is 0.175 e. The summed E-state index contributed by atoms with van der Waals surface area (Å²) in [5.41, 5.74) is 0.629. The Morgan fingerprint density at radius 1 is 1.29 bits per heavy atom. The van der Waals surface area contributed by atoms with E-state index in [-0.39, 0.29) is 10.6 Å². The minimum absolute atomic E-state index is 0.0818. The lowest BCUT2D eigenvalue weighted by molar-refractivity contribution is 0.596. The van der Waals surface area contributed by atoms with E-state index in [2.05, 4.69) is 25.5 Å². The average molecular weight is 307 g/mol. The van der Waals surface area contributed by atoms with Gasteiger partial charge in [-0.25, -0.2) is 22.8 Å². The van der Waals surface area contributed by atoms with Crippen molar-refractivity contribution < 1.29 is 12.8 Å². The number of hydrogen-bond acceptors (Lipinski definition) is 6. The van der Waals surface area contributed by atoms with Crippen molar-refractivity contribution in [2.45, 2.75) is 4.90 Å². The highest BCUT2D eigenvalue weighted by molar-refractivity contribution is 7.90. The SMILES string of the molecule is CS(=O)(=O)c1ccc(Nc2ncnc3[nH]ncc23)c(F)c1. The van der Waals surface area contributed by atoms with Crippen LogP contribution in [0.15, 0.2) is 35.6 Å². The molecular formula is C12H10FN5O2S. The highest BCUT2D eigenvalue weighted by Gasteiger charge is 2.13. The molecule has 0 saturated carbocycles. The number of rotatable bonds is 3. The van der Waals surface area contributed by atoms with Gasteiger partial charge in [-0.05, 0) is 18.2 Å². The zero-order valence-electron chi connectivity index (χ0n) is 10.8. The molecule has 0 bridgehead atoms. The first-order valence-electron chi connectivity index (χ1n) is 5.86. The van der Waals surface area contributed by atoms with Crippen LogP contribution in [-0.2, 0) is 9.84 Å². The van der Waals surface area contributed by atoms with Crippen LogP contribution in [0.2, 0.25) is 0 Å². The van der Waals surface area contributed by atoms with Crippen molar-refractivity contribution in [2.75, 3.05) is 11.6 Å². The summed E-state index contributed by atoms with van der Waals surface area (Å²) in [6.07, 6.45) is 3.85. The lowest BCUT2D eigenvalue weighted by Crippen LogP contribution is -2.01. The summed E-state index contributed by atoms with van der Waals surface area (Å²) in [5, 5.41) is 9.91. The molecule has 0 aliphatic carbocycles. The fourth-order valence-electron chi connectivity index (χ4n) is 1.82. The van der Waals surface area contributed by atoms with Crippen molar-refractivity contribution in [1.82, 2.24) is 20.2 Å². The molecule has 108 valence electrons. The van der Waals surface area contributed by atoms with Gasteiger partial charge >= 0.3 is 0 Å². The molecule has 0 saturated heterocycles. The number of nitrogens with one attached hydrogen (secondary N) is 2. The van der Waals surface area contributed by atoms with Crippen LogP contribution in [0.5, 0.6) is 0 Å². The van der Waals surface area contributed by atoms with E-state index in [0.717, 1.165) is 12.3 Å². The maximum atomic E-state index is 14.0. The molecule has 0 radical (unpaired) electrons. The summed E-state index contributed by atoms with van der Waals surface area (Å²) in [6, 6.07) is 3.64. The number of H-pyrrole nitrogens is 1. The number of aromatic nitrogens is 4. The number of sulfone groups is 1. The molecule has 2 aromatic heterocycles. The number of benzene rings is 1. The fourth-order valence-corrected chi connectivity index (χ4v) is 2.45. The van der Waals surface area contributed by atoms with Gasteiger partial charge in [-0.3, -0.25) is 5.10 Å². The largest absolute Gasteiger partial charge is 0.337 e. The number of hydrogen-bond donors (Lipinski definition) is 2. The molecule has 9 heteroatoms. The van der Waals surface area contributed by atoms with Crippen LogP contribution in [0, 0.1) is 5.82 Å². The standard InChI is InChI=1S/C12H10FN5O2S/c1-21(19,20)7-2-3-10(9(13)4-7)17-11-8-5-16-18-12(8)15-6-14-11/h2-6H,1H3,(H2,14,15,16,17,18). The Morgan fingerprint density at radius 2 is 2.10 bits per heavy atom. The Bertz CT molecular complexity index is 922. The van der Waals surface area contributed by atoms with Gasteiger partial charge in [0.1, 0.15) is 18.0 Å². The zero-order valence-corrected chi connectivity index (χ0v) is 11.6. The highest BCUT2D eigenvalue weighted by Crippen LogP contribution is 2.25.